The quantitative estimate of drug-likeness (QED) is 0.523. The number of aliphatic hydroxyl groups excluding tert-OH is 1. The molecule has 0 aromatic heterocycles. The molecule has 1 fully saturated rings. The van der Waals surface area contributed by atoms with E-state index in [9.17, 15) is 4.79 Å². The largest absolute Gasteiger partial charge is 0.479 e. The van der Waals surface area contributed by atoms with Crippen molar-refractivity contribution in [2.24, 2.45) is 5.92 Å². The summed E-state index contributed by atoms with van der Waals surface area (Å²) in [6, 6.07) is 0. The van der Waals surface area contributed by atoms with Crippen LogP contribution in [0.3, 0.4) is 0 Å². The molecule has 1 heterocycles. The van der Waals surface area contributed by atoms with E-state index in [1.807, 2.05) is 11.9 Å². The zero-order valence-corrected chi connectivity index (χ0v) is 5.82. The third-order valence-corrected chi connectivity index (χ3v) is 1.79. The molecular formula is C6H11NO3. The van der Waals surface area contributed by atoms with Crippen LogP contribution in [0.15, 0.2) is 0 Å². The van der Waals surface area contributed by atoms with Gasteiger partial charge < -0.3 is 15.1 Å². The minimum absolute atomic E-state index is 0.0671. The van der Waals surface area contributed by atoms with Gasteiger partial charge in [-0.05, 0) is 7.05 Å². The van der Waals surface area contributed by atoms with Gasteiger partial charge in [0, 0.05) is 19.0 Å². The van der Waals surface area contributed by atoms with Crippen LogP contribution in [0.5, 0.6) is 0 Å². The Morgan fingerprint density at radius 2 is 2.20 bits per heavy atom. The molecule has 1 rings (SSSR count). The molecule has 4 nitrogen and oxygen atoms in total. The van der Waals surface area contributed by atoms with Crippen molar-refractivity contribution in [2.75, 3.05) is 20.1 Å². The van der Waals surface area contributed by atoms with E-state index in [1.165, 1.54) is 0 Å². The van der Waals surface area contributed by atoms with Crippen molar-refractivity contribution in [3.05, 3.63) is 0 Å². The number of carboxylic acids is 1. The van der Waals surface area contributed by atoms with E-state index in [1.54, 1.807) is 0 Å². The van der Waals surface area contributed by atoms with Crippen molar-refractivity contribution in [1.82, 2.24) is 4.90 Å². The Labute approximate surface area is 59.1 Å². The summed E-state index contributed by atoms with van der Waals surface area (Å²) in [6.07, 6.45) is -1.17. The lowest BCUT2D eigenvalue weighted by Crippen LogP contribution is -2.51. The maximum absolute atomic E-state index is 10.2. The van der Waals surface area contributed by atoms with E-state index in [-0.39, 0.29) is 5.92 Å². The van der Waals surface area contributed by atoms with Crippen LogP contribution in [0.25, 0.3) is 0 Å². The number of hydrogen-bond donors (Lipinski definition) is 2. The number of aliphatic hydroxyl groups is 1. The van der Waals surface area contributed by atoms with Crippen LogP contribution in [0, 0.1) is 5.92 Å². The Balaban J connectivity index is 2.31. The smallest absolute Gasteiger partial charge is 0.332 e. The molecule has 58 valence electrons. The lowest BCUT2D eigenvalue weighted by atomic mass is 9.95. The second-order valence-corrected chi connectivity index (χ2v) is 2.76. The van der Waals surface area contributed by atoms with Gasteiger partial charge in [0.05, 0.1) is 0 Å². The first-order chi connectivity index (χ1) is 4.61. The van der Waals surface area contributed by atoms with Gasteiger partial charge in [0.2, 0.25) is 0 Å². The number of likely N-dealkylation sites (tertiary alicyclic amines) is 1. The molecule has 10 heavy (non-hydrogen) atoms. The van der Waals surface area contributed by atoms with Gasteiger partial charge in [-0.3, -0.25) is 0 Å². The number of rotatable bonds is 2. The van der Waals surface area contributed by atoms with E-state index in [2.05, 4.69) is 0 Å². The van der Waals surface area contributed by atoms with Crippen LogP contribution in [-0.4, -0.2) is 47.3 Å². The van der Waals surface area contributed by atoms with Crippen LogP contribution >= 0.6 is 0 Å². The van der Waals surface area contributed by atoms with E-state index in [4.69, 9.17) is 10.2 Å². The number of carbonyl (C=O) groups is 1. The summed E-state index contributed by atoms with van der Waals surface area (Å²) in [6.45, 7) is 1.38. The van der Waals surface area contributed by atoms with Gasteiger partial charge in [0.15, 0.2) is 6.10 Å². The van der Waals surface area contributed by atoms with E-state index >= 15 is 0 Å². The summed E-state index contributed by atoms with van der Waals surface area (Å²) >= 11 is 0. The summed E-state index contributed by atoms with van der Waals surface area (Å²) < 4.78 is 0. The molecule has 0 spiro atoms. The summed E-state index contributed by atoms with van der Waals surface area (Å²) in [5.41, 5.74) is 0. The first kappa shape index (κ1) is 7.50. The molecular weight excluding hydrogens is 134 g/mol. The Kier molecular flexibility index (Phi) is 1.92. The molecule has 0 radical (unpaired) electrons. The summed E-state index contributed by atoms with van der Waals surface area (Å²) in [5, 5.41) is 17.3. The van der Waals surface area contributed by atoms with Gasteiger partial charge in [-0.2, -0.15) is 0 Å². The van der Waals surface area contributed by atoms with Crippen LogP contribution in [0.2, 0.25) is 0 Å². The van der Waals surface area contributed by atoms with Crippen LogP contribution < -0.4 is 0 Å². The third-order valence-electron chi connectivity index (χ3n) is 1.79. The van der Waals surface area contributed by atoms with Crippen molar-refractivity contribution < 1.29 is 15.0 Å². The number of nitrogens with zero attached hydrogens (tertiary/aromatic N) is 1. The fourth-order valence-electron chi connectivity index (χ4n) is 1.15. The molecule has 1 aliphatic rings. The normalized spacial score (nSPS) is 23.8. The second-order valence-electron chi connectivity index (χ2n) is 2.76. The van der Waals surface area contributed by atoms with Crippen molar-refractivity contribution in [3.63, 3.8) is 0 Å². The van der Waals surface area contributed by atoms with Crippen LogP contribution in [-0.2, 0) is 4.79 Å². The first-order valence-corrected chi connectivity index (χ1v) is 3.20. The first-order valence-electron chi connectivity index (χ1n) is 3.20. The molecule has 2 N–H and O–H groups in total. The highest BCUT2D eigenvalue weighted by Gasteiger charge is 2.33. The van der Waals surface area contributed by atoms with E-state index < -0.39 is 12.1 Å². The highest BCUT2D eigenvalue weighted by atomic mass is 16.4. The summed E-state index contributed by atoms with van der Waals surface area (Å²) in [7, 11) is 1.89. The fraction of sp³-hybridized carbons (Fsp3) is 0.833. The maximum Gasteiger partial charge on any atom is 0.332 e. The van der Waals surface area contributed by atoms with Gasteiger partial charge >= 0.3 is 5.97 Å². The minimum atomic E-state index is -1.17. The average Bonchev–Trinajstić information content (AvgIpc) is 1.79. The summed E-state index contributed by atoms with van der Waals surface area (Å²) in [4.78, 5) is 12.1. The number of aliphatic carboxylic acids is 1. The lowest BCUT2D eigenvalue weighted by Gasteiger charge is -2.37. The van der Waals surface area contributed by atoms with Crippen molar-refractivity contribution in [3.8, 4) is 0 Å². The summed E-state index contributed by atoms with van der Waals surface area (Å²) in [5.74, 6) is -1.18. The standard InChI is InChI=1S/C6H11NO3/c1-7-2-4(3-7)5(8)6(9)10/h4-5,8H,2-3H2,1H3,(H,9,10). The Morgan fingerprint density at radius 1 is 1.70 bits per heavy atom. The Morgan fingerprint density at radius 3 is 2.50 bits per heavy atom. The zero-order valence-electron chi connectivity index (χ0n) is 5.82. The second kappa shape index (κ2) is 2.56. The third kappa shape index (κ3) is 1.27. The van der Waals surface area contributed by atoms with Crippen LogP contribution in [0.1, 0.15) is 0 Å². The average molecular weight is 145 g/mol. The van der Waals surface area contributed by atoms with Gasteiger partial charge in [-0.15, -0.1) is 0 Å². The Bertz CT molecular complexity index is 142. The number of carboxylic acid groups (broad SMARTS) is 1. The minimum Gasteiger partial charge on any atom is -0.479 e. The zero-order chi connectivity index (χ0) is 7.72. The lowest BCUT2D eigenvalue weighted by molar-refractivity contribution is -0.153. The molecule has 0 aromatic carbocycles. The monoisotopic (exact) mass is 145 g/mol. The molecule has 1 saturated heterocycles. The molecule has 0 saturated carbocycles. The van der Waals surface area contributed by atoms with E-state index in [0.717, 1.165) is 0 Å². The van der Waals surface area contributed by atoms with Crippen molar-refractivity contribution in [2.45, 2.75) is 6.10 Å². The number of hydrogen-bond acceptors (Lipinski definition) is 3. The van der Waals surface area contributed by atoms with Gasteiger partial charge in [-0.25, -0.2) is 4.79 Å². The van der Waals surface area contributed by atoms with Crippen molar-refractivity contribution in [1.29, 1.82) is 0 Å². The SMILES string of the molecule is CN1CC(C(O)C(=O)O)C1. The fourth-order valence-corrected chi connectivity index (χ4v) is 1.15. The predicted molar refractivity (Wildman–Crippen MR) is 34.6 cm³/mol. The molecule has 0 aromatic rings. The van der Waals surface area contributed by atoms with Crippen LogP contribution in [0.4, 0.5) is 0 Å². The van der Waals surface area contributed by atoms with Gasteiger partial charge in [-0.1, -0.05) is 0 Å². The molecule has 1 atom stereocenters. The molecule has 4 heteroatoms. The highest BCUT2D eigenvalue weighted by Crippen LogP contribution is 2.16. The maximum atomic E-state index is 10.2. The topological polar surface area (TPSA) is 60.8 Å². The van der Waals surface area contributed by atoms with Gasteiger partial charge in [0.1, 0.15) is 0 Å². The molecule has 0 amide bonds. The molecule has 1 aliphatic heterocycles. The Hall–Kier alpha value is -0.610. The predicted octanol–water partition coefficient (Wildman–Crippen LogP) is -1.01. The highest BCUT2D eigenvalue weighted by molar-refractivity contribution is 5.72. The molecule has 0 aliphatic carbocycles. The molecule has 1 unspecified atom stereocenters. The van der Waals surface area contributed by atoms with Crippen molar-refractivity contribution >= 4 is 5.97 Å². The molecule has 0 bridgehead atoms. The van der Waals surface area contributed by atoms with E-state index in [0.29, 0.717) is 13.1 Å². The van der Waals surface area contributed by atoms with Gasteiger partial charge in [0.25, 0.3) is 0 Å².